The molecule has 4 nitrogen and oxygen atoms in total. The van der Waals surface area contributed by atoms with Gasteiger partial charge in [0.25, 0.3) is 0 Å². The molecule has 0 atom stereocenters. The smallest absolute Gasteiger partial charge is 0.305 e. The Balaban J connectivity index is 2.00. The van der Waals surface area contributed by atoms with Crippen molar-refractivity contribution in [1.82, 2.24) is 0 Å². The summed E-state index contributed by atoms with van der Waals surface area (Å²) in [7, 11) is 0. The van der Waals surface area contributed by atoms with Crippen molar-refractivity contribution < 1.29 is 19.1 Å². The third-order valence-electron chi connectivity index (χ3n) is 3.54. The normalized spacial score (nSPS) is 16.1. The Bertz CT molecular complexity index is 293. The highest BCUT2D eigenvalue weighted by molar-refractivity contribution is 5.72. The monoisotopic (exact) mass is 284 g/mol. The van der Waals surface area contributed by atoms with Crippen LogP contribution in [0.5, 0.6) is 0 Å². The Kier molecular flexibility index (Phi) is 8.31. The van der Waals surface area contributed by atoms with Gasteiger partial charge in [0.2, 0.25) is 0 Å². The maximum Gasteiger partial charge on any atom is 0.305 e. The molecule has 0 aromatic heterocycles. The molecule has 1 aliphatic rings. The van der Waals surface area contributed by atoms with Gasteiger partial charge in [0.1, 0.15) is 0 Å². The predicted octanol–water partition coefficient (Wildman–Crippen LogP) is 3.48. The second-order valence-electron chi connectivity index (χ2n) is 6.12. The lowest BCUT2D eigenvalue weighted by Gasteiger charge is -2.20. The van der Waals surface area contributed by atoms with E-state index in [4.69, 9.17) is 9.47 Å². The molecule has 0 aromatic carbocycles. The average molecular weight is 284 g/mol. The zero-order valence-corrected chi connectivity index (χ0v) is 12.9. The third-order valence-corrected chi connectivity index (χ3v) is 3.54. The first-order valence-corrected chi connectivity index (χ1v) is 7.89. The van der Waals surface area contributed by atoms with Gasteiger partial charge in [0, 0.05) is 12.8 Å². The van der Waals surface area contributed by atoms with E-state index in [0.717, 1.165) is 0 Å². The summed E-state index contributed by atoms with van der Waals surface area (Å²) < 4.78 is 10.3. The maximum absolute atomic E-state index is 11.6. The van der Waals surface area contributed by atoms with Crippen LogP contribution in [-0.2, 0) is 19.1 Å². The van der Waals surface area contributed by atoms with Crippen LogP contribution in [0.25, 0.3) is 0 Å². The van der Waals surface area contributed by atoms with E-state index in [9.17, 15) is 9.59 Å². The van der Waals surface area contributed by atoms with Crippen LogP contribution in [0.2, 0.25) is 0 Å². The van der Waals surface area contributed by atoms with Gasteiger partial charge >= 0.3 is 11.9 Å². The van der Waals surface area contributed by atoms with E-state index in [-0.39, 0.29) is 11.9 Å². The summed E-state index contributed by atoms with van der Waals surface area (Å²) >= 11 is 0. The third kappa shape index (κ3) is 8.18. The molecule has 20 heavy (non-hydrogen) atoms. The second kappa shape index (κ2) is 9.78. The highest BCUT2D eigenvalue weighted by atomic mass is 16.5. The van der Waals surface area contributed by atoms with Crippen LogP contribution >= 0.6 is 0 Å². The Morgan fingerprint density at radius 3 is 2.20 bits per heavy atom. The zero-order valence-electron chi connectivity index (χ0n) is 12.9. The molecule has 0 heterocycles. The number of carbonyl (C=O) groups excluding carboxylic acids is 2. The fourth-order valence-electron chi connectivity index (χ4n) is 2.35. The SMILES string of the molecule is CC(C)COC(=O)CCCC(=O)OCC1CCCCC1. The summed E-state index contributed by atoms with van der Waals surface area (Å²) in [5.41, 5.74) is 0. The molecule has 0 saturated heterocycles. The highest BCUT2D eigenvalue weighted by Gasteiger charge is 2.15. The first kappa shape index (κ1) is 17.0. The molecule has 116 valence electrons. The van der Waals surface area contributed by atoms with Crippen molar-refractivity contribution in [2.45, 2.75) is 65.2 Å². The minimum absolute atomic E-state index is 0.188. The van der Waals surface area contributed by atoms with Gasteiger partial charge < -0.3 is 9.47 Å². The van der Waals surface area contributed by atoms with Crippen molar-refractivity contribution in [3.8, 4) is 0 Å². The van der Waals surface area contributed by atoms with E-state index in [2.05, 4.69) is 0 Å². The molecule has 0 spiro atoms. The number of rotatable bonds is 8. The average Bonchev–Trinajstić information content (AvgIpc) is 2.44. The van der Waals surface area contributed by atoms with Gasteiger partial charge in [-0.25, -0.2) is 0 Å². The quantitative estimate of drug-likeness (QED) is 0.640. The maximum atomic E-state index is 11.6. The van der Waals surface area contributed by atoms with E-state index in [0.29, 0.717) is 44.3 Å². The van der Waals surface area contributed by atoms with Crippen molar-refractivity contribution >= 4 is 11.9 Å². The topological polar surface area (TPSA) is 52.6 Å². The molecule has 0 unspecified atom stereocenters. The number of esters is 2. The molecular formula is C16H28O4. The summed E-state index contributed by atoms with van der Waals surface area (Å²) in [4.78, 5) is 22.9. The van der Waals surface area contributed by atoms with Crippen LogP contribution in [0.15, 0.2) is 0 Å². The van der Waals surface area contributed by atoms with Crippen molar-refractivity contribution in [3.63, 3.8) is 0 Å². The van der Waals surface area contributed by atoms with E-state index in [1.807, 2.05) is 13.8 Å². The van der Waals surface area contributed by atoms with Crippen LogP contribution in [-0.4, -0.2) is 25.2 Å². The predicted molar refractivity (Wildman–Crippen MR) is 77.2 cm³/mol. The number of carbonyl (C=O) groups is 2. The minimum Gasteiger partial charge on any atom is -0.465 e. The van der Waals surface area contributed by atoms with E-state index < -0.39 is 0 Å². The molecule has 0 bridgehead atoms. The van der Waals surface area contributed by atoms with E-state index in [1.54, 1.807) is 0 Å². The van der Waals surface area contributed by atoms with E-state index >= 15 is 0 Å². The van der Waals surface area contributed by atoms with Crippen molar-refractivity contribution in [2.24, 2.45) is 11.8 Å². The van der Waals surface area contributed by atoms with Gasteiger partial charge in [-0.1, -0.05) is 33.1 Å². The van der Waals surface area contributed by atoms with Gasteiger partial charge in [-0.3, -0.25) is 9.59 Å². The number of hydrogen-bond acceptors (Lipinski definition) is 4. The standard InChI is InChI=1S/C16H28O4/c1-13(2)11-19-15(17)9-6-10-16(18)20-12-14-7-4-3-5-8-14/h13-14H,3-12H2,1-2H3. The Labute approximate surface area is 122 Å². The zero-order chi connectivity index (χ0) is 14.8. The first-order valence-electron chi connectivity index (χ1n) is 7.89. The molecule has 1 rings (SSSR count). The fraction of sp³-hybridized carbons (Fsp3) is 0.875. The van der Waals surface area contributed by atoms with Crippen LogP contribution in [0, 0.1) is 11.8 Å². The molecule has 1 fully saturated rings. The summed E-state index contributed by atoms with van der Waals surface area (Å²) in [6.45, 7) is 4.99. The minimum atomic E-state index is -0.223. The number of ether oxygens (including phenoxy) is 2. The van der Waals surface area contributed by atoms with Crippen LogP contribution in [0.1, 0.15) is 65.2 Å². The molecule has 0 radical (unpaired) electrons. The first-order chi connectivity index (χ1) is 9.58. The lowest BCUT2D eigenvalue weighted by molar-refractivity contribution is -0.146. The molecule has 0 aromatic rings. The fourth-order valence-corrected chi connectivity index (χ4v) is 2.35. The number of hydrogen-bond donors (Lipinski definition) is 0. The summed E-state index contributed by atoms with van der Waals surface area (Å²) in [6, 6.07) is 0. The molecule has 0 N–H and O–H groups in total. The lowest BCUT2D eigenvalue weighted by Crippen LogP contribution is -2.17. The lowest BCUT2D eigenvalue weighted by atomic mass is 9.90. The Morgan fingerprint density at radius 2 is 1.60 bits per heavy atom. The molecule has 4 heteroatoms. The second-order valence-corrected chi connectivity index (χ2v) is 6.12. The van der Waals surface area contributed by atoms with Gasteiger partial charge in [-0.05, 0) is 31.1 Å². The molecule has 1 aliphatic carbocycles. The molecule has 1 saturated carbocycles. The Morgan fingerprint density at radius 1 is 1.00 bits per heavy atom. The summed E-state index contributed by atoms with van der Waals surface area (Å²) in [5, 5.41) is 0. The molecule has 0 aliphatic heterocycles. The van der Waals surface area contributed by atoms with Gasteiger partial charge in [0.05, 0.1) is 13.2 Å². The van der Waals surface area contributed by atoms with E-state index in [1.165, 1.54) is 32.1 Å². The molecule has 0 amide bonds. The van der Waals surface area contributed by atoms with Crippen molar-refractivity contribution in [3.05, 3.63) is 0 Å². The van der Waals surface area contributed by atoms with Gasteiger partial charge in [0.15, 0.2) is 0 Å². The van der Waals surface area contributed by atoms with Crippen LogP contribution in [0.4, 0.5) is 0 Å². The summed E-state index contributed by atoms with van der Waals surface area (Å²) in [5.74, 6) is 0.481. The van der Waals surface area contributed by atoms with Gasteiger partial charge in [-0.15, -0.1) is 0 Å². The van der Waals surface area contributed by atoms with Crippen molar-refractivity contribution in [1.29, 1.82) is 0 Å². The summed E-state index contributed by atoms with van der Waals surface area (Å²) in [6.07, 6.45) is 7.29. The largest absolute Gasteiger partial charge is 0.465 e. The van der Waals surface area contributed by atoms with Crippen molar-refractivity contribution in [2.75, 3.05) is 13.2 Å². The Hall–Kier alpha value is -1.06. The highest BCUT2D eigenvalue weighted by Crippen LogP contribution is 2.23. The molecular weight excluding hydrogens is 256 g/mol. The van der Waals surface area contributed by atoms with Crippen LogP contribution < -0.4 is 0 Å². The van der Waals surface area contributed by atoms with Crippen LogP contribution in [0.3, 0.4) is 0 Å². The van der Waals surface area contributed by atoms with Gasteiger partial charge in [-0.2, -0.15) is 0 Å².